The third kappa shape index (κ3) is 2.83. The van der Waals surface area contributed by atoms with Crippen molar-refractivity contribution in [2.45, 2.75) is 0 Å². The Bertz CT molecular complexity index is 639. The molecule has 0 saturated heterocycles. The predicted molar refractivity (Wildman–Crippen MR) is 74.9 cm³/mol. The first-order valence-electron chi connectivity index (χ1n) is 5.39. The number of phenolic OH excluding ortho intramolecular Hbond substituents is 1. The van der Waals surface area contributed by atoms with Crippen molar-refractivity contribution >= 4 is 29.2 Å². The molecular formula is C14H10Cl2O3. The quantitative estimate of drug-likeness (QED) is 0.847. The van der Waals surface area contributed by atoms with Crippen molar-refractivity contribution in [3.05, 3.63) is 52.0 Å². The van der Waals surface area contributed by atoms with Crippen LogP contribution in [0, 0.1) is 0 Å². The van der Waals surface area contributed by atoms with E-state index in [1.165, 1.54) is 13.2 Å². The summed E-state index contributed by atoms with van der Waals surface area (Å²) in [4.78, 5) is 11.6. The first-order chi connectivity index (χ1) is 9.02. The number of carbonyl (C=O) groups excluding carboxylic acids is 1. The van der Waals surface area contributed by atoms with Gasteiger partial charge >= 0.3 is 5.97 Å². The van der Waals surface area contributed by atoms with Gasteiger partial charge in [0.1, 0.15) is 5.75 Å². The number of hydrogen-bond acceptors (Lipinski definition) is 3. The lowest BCUT2D eigenvalue weighted by Gasteiger charge is -2.07. The van der Waals surface area contributed by atoms with Gasteiger partial charge < -0.3 is 9.84 Å². The minimum Gasteiger partial charge on any atom is -0.506 e. The van der Waals surface area contributed by atoms with Gasteiger partial charge in [-0.25, -0.2) is 4.79 Å². The molecule has 0 bridgehead atoms. The average molecular weight is 297 g/mol. The van der Waals surface area contributed by atoms with Crippen LogP contribution in [0.5, 0.6) is 5.75 Å². The SMILES string of the molecule is COC(=O)c1cc(-c2ccc(Cl)c(O)c2)ccc1Cl. The second-order valence-corrected chi connectivity index (χ2v) is 4.67. The number of methoxy groups -OCH3 is 1. The number of carbonyl (C=O) groups is 1. The molecule has 0 fully saturated rings. The molecule has 2 rings (SSSR count). The second kappa shape index (κ2) is 5.51. The molecule has 19 heavy (non-hydrogen) atoms. The highest BCUT2D eigenvalue weighted by atomic mass is 35.5. The van der Waals surface area contributed by atoms with Crippen LogP contribution in [-0.2, 0) is 4.74 Å². The van der Waals surface area contributed by atoms with E-state index in [1.807, 2.05) is 0 Å². The molecule has 0 aliphatic heterocycles. The summed E-state index contributed by atoms with van der Waals surface area (Å²) < 4.78 is 4.66. The van der Waals surface area contributed by atoms with E-state index < -0.39 is 5.97 Å². The maximum Gasteiger partial charge on any atom is 0.339 e. The second-order valence-electron chi connectivity index (χ2n) is 3.85. The molecule has 0 heterocycles. The van der Waals surface area contributed by atoms with Crippen LogP contribution < -0.4 is 0 Å². The summed E-state index contributed by atoms with van der Waals surface area (Å²) >= 11 is 11.7. The van der Waals surface area contributed by atoms with Crippen LogP contribution in [0.1, 0.15) is 10.4 Å². The molecule has 1 N–H and O–H groups in total. The van der Waals surface area contributed by atoms with Crippen molar-refractivity contribution in [2.75, 3.05) is 7.11 Å². The maximum atomic E-state index is 11.6. The van der Waals surface area contributed by atoms with E-state index in [1.54, 1.807) is 30.3 Å². The number of halogens is 2. The molecule has 3 nitrogen and oxygen atoms in total. The molecule has 2 aromatic rings. The van der Waals surface area contributed by atoms with Crippen LogP contribution in [0.3, 0.4) is 0 Å². The normalized spacial score (nSPS) is 10.3. The van der Waals surface area contributed by atoms with Crippen molar-refractivity contribution in [1.29, 1.82) is 0 Å². The van der Waals surface area contributed by atoms with E-state index in [9.17, 15) is 9.90 Å². The Hall–Kier alpha value is -1.71. The van der Waals surface area contributed by atoms with E-state index in [-0.39, 0.29) is 16.3 Å². The van der Waals surface area contributed by atoms with Crippen LogP contribution in [0.15, 0.2) is 36.4 Å². The van der Waals surface area contributed by atoms with Crippen LogP contribution in [0.4, 0.5) is 0 Å². The van der Waals surface area contributed by atoms with Gasteiger partial charge in [-0.05, 0) is 35.4 Å². The van der Waals surface area contributed by atoms with Crippen molar-refractivity contribution in [2.24, 2.45) is 0 Å². The zero-order valence-electron chi connectivity index (χ0n) is 9.98. The first kappa shape index (κ1) is 13.7. The fourth-order valence-electron chi connectivity index (χ4n) is 1.66. The van der Waals surface area contributed by atoms with Gasteiger partial charge in [-0.2, -0.15) is 0 Å². The van der Waals surface area contributed by atoms with Gasteiger partial charge in [0.15, 0.2) is 0 Å². The number of hydrogen-bond donors (Lipinski definition) is 1. The van der Waals surface area contributed by atoms with Crippen LogP contribution in [0.25, 0.3) is 11.1 Å². The monoisotopic (exact) mass is 296 g/mol. The Morgan fingerprint density at radius 1 is 1.05 bits per heavy atom. The number of rotatable bonds is 2. The molecule has 0 radical (unpaired) electrons. The molecule has 0 saturated carbocycles. The van der Waals surface area contributed by atoms with Crippen molar-refractivity contribution in [1.82, 2.24) is 0 Å². The molecular weight excluding hydrogens is 287 g/mol. The van der Waals surface area contributed by atoms with Gasteiger partial charge in [0.2, 0.25) is 0 Å². The summed E-state index contributed by atoms with van der Waals surface area (Å²) in [6.07, 6.45) is 0. The Balaban J connectivity index is 2.51. The van der Waals surface area contributed by atoms with Crippen LogP contribution in [-0.4, -0.2) is 18.2 Å². The van der Waals surface area contributed by atoms with E-state index in [0.717, 1.165) is 11.1 Å². The van der Waals surface area contributed by atoms with Gasteiger partial charge in [0, 0.05) is 0 Å². The Kier molecular flexibility index (Phi) is 3.98. The van der Waals surface area contributed by atoms with Gasteiger partial charge in [0.25, 0.3) is 0 Å². The molecule has 0 unspecified atom stereocenters. The highest BCUT2D eigenvalue weighted by molar-refractivity contribution is 6.33. The Morgan fingerprint density at radius 2 is 1.63 bits per heavy atom. The standard InChI is InChI=1S/C14H10Cl2O3/c1-19-14(18)10-6-8(2-4-11(10)15)9-3-5-12(16)13(17)7-9/h2-7,17H,1H3. The highest BCUT2D eigenvalue weighted by Crippen LogP contribution is 2.31. The number of ether oxygens (including phenoxy) is 1. The zero-order valence-corrected chi connectivity index (χ0v) is 11.5. The fourth-order valence-corrected chi connectivity index (χ4v) is 1.98. The summed E-state index contributed by atoms with van der Waals surface area (Å²) in [6, 6.07) is 9.81. The third-order valence-electron chi connectivity index (χ3n) is 2.65. The topological polar surface area (TPSA) is 46.5 Å². The van der Waals surface area contributed by atoms with Crippen LogP contribution in [0.2, 0.25) is 10.0 Å². The molecule has 98 valence electrons. The lowest BCUT2D eigenvalue weighted by Crippen LogP contribution is -2.02. The molecule has 0 amide bonds. The molecule has 0 spiro atoms. The number of aromatic hydroxyl groups is 1. The lowest BCUT2D eigenvalue weighted by atomic mass is 10.0. The number of esters is 1. The van der Waals surface area contributed by atoms with Gasteiger partial charge in [-0.15, -0.1) is 0 Å². The van der Waals surface area contributed by atoms with Crippen molar-refractivity contribution in [3.63, 3.8) is 0 Å². The largest absolute Gasteiger partial charge is 0.506 e. The minimum atomic E-state index is -0.509. The number of phenols is 1. The minimum absolute atomic E-state index is 0.0197. The Morgan fingerprint density at radius 3 is 2.21 bits per heavy atom. The summed E-state index contributed by atoms with van der Waals surface area (Å²) in [7, 11) is 1.29. The highest BCUT2D eigenvalue weighted by Gasteiger charge is 2.12. The smallest absolute Gasteiger partial charge is 0.339 e. The maximum absolute atomic E-state index is 11.6. The summed E-state index contributed by atoms with van der Waals surface area (Å²) in [6.45, 7) is 0. The predicted octanol–water partition coefficient (Wildman–Crippen LogP) is 4.15. The van der Waals surface area contributed by atoms with E-state index in [0.29, 0.717) is 5.02 Å². The Labute approximate surface area is 120 Å². The van der Waals surface area contributed by atoms with Crippen molar-refractivity contribution < 1.29 is 14.6 Å². The zero-order chi connectivity index (χ0) is 14.0. The van der Waals surface area contributed by atoms with Crippen LogP contribution >= 0.6 is 23.2 Å². The van der Waals surface area contributed by atoms with E-state index in [4.69, 9.17) is 23.2 Å². The van der Waals surface area contributed by atoms with Gasteiger partial charge in [-0.3, -0.25) is 0 Å². The first-order valence-corrected chi connectivity index (χ1v) is 6.15. The number of benzene rings is 2. The summed E-state index contributed by atoms with van der Waals surface area (Å²) in [5.74, 6) is -0.529. The molecule has 5 heteroatoms. The van der Waals surface area contributed by atoms with Gasteiger partial charge in [0.05, 0.1) is 22.7 Å². The van der Waals surface area contributed by atoms with E-state index in [2.05, 4.69) is 4.74 Å². The lowest BCUT2D eigenvalue weighted by molar-refractivity contribution is 0.0601. The fraction of sp³-hybridized carbons (Fsp3) is 0.0714. The van der Waals surface area contributed by atoms with E-state index >= 15 is 0 Å². The van der Waals surface area contributed by atoms with Gasteiger partial charge in [-0.1, -0.05) is 35.3 Å². The molecule has 0 aliphatic carbocycles. The average Bonchev–Trinajstić information content (AvgIpc) is 2.41. The molecule has 0 aromatic heterocycles. The van der Waals surface area contributed by atoms with Crippen molar-refractivity contribution in [3.8, 4) is 16.9 Å². The summed E-state index contributed by atoms with van der Waals surface area (Å²) in [5, 5.41) is 10.2. The molecule has 0 aliphatic rings. The third-order valence-corrected chi connectivity index (χ3v) is 3.30. The summed E-state index contributed by atoms with van der Waals surface area (Å²) in [5.41, 5.74) is 1.73. The molecule has 0 atom stereocenters. The molecule has 2 aromatic carbocycles.